The first kappa shape index (κ1) is 19.8. The van der Waals surface area contributed by atoms with Crippen LogP contribution in [0.3, 0.4) is 0 Å². The summed E-state index contributed by atoms with van der Waals surface area (Å²) in [6.45, 7) is 4.07. The van der Waals surface area contributed by atoms with Crippen molar-refractivity contribution in [2.45, 2.75) is 12.8 Å². The van der Waals surface area contributed by atoms with Gasteiger partial charge in [0.25, 0.3) is 0 Å². The molecule has 11 heteroatoms. The van der Waals surface area contributed by atoms with Crippen LogP contribution in [0.15, 0.2) is 12.2 Å². The minimum Gasteiger partial charge on any atom is -0.419 e. The number of esters is 1. The van der Waals surface area contributed by atoms with Gasteiger partial charge in [0.1, 0.15) is 0 Å². The fraction of sp³-hybridized carbons (Fsp3) is 0.118. The molecule has 1 aliphatic carbocycles. The van der Waals surface area contributed by atoms with Gasteiger partial charge in [0.15, 0.2) is 40.7 Å². The lowest BCUT2D eigenvalue weighted by Gasteiger charge is -2.17. The summed E-state index contributed by atoms with van der Waals surface area (Å²) < 4.78 is 131. The third kappa shape index (κ3) is 2.34. The maximum Gasteiger partial charge on any atom is 0.338 e. The fourth-order valence-electron chi connectivity index (χ4n) is 2.74. The van der Waals surface area contributed by atoms with Crippen molar-refractivity contribution in [2.75, 3.05) is 0 Å². The molecular formula is C17H5F9O2. The molecule has 0 atom stereocenters. The van der Waals surface area contributed by atoms with Crippen molar-refractivity contribution in [1.29, 1.82) is 0 Å². The molecule has 2 nitrogen and oxygen atoms in total. The van der Waals surface area contributed by atoms with Gasteiger partial charge >= 0.3 is 11.9 Å². The molecule has 0 bridgehead atoms. The molecule has 0 spiro atoms. The Morgan fingerprint density at radius 3 is 1.68 bits per heavy atom. The molecule has 0 aromatic heterocycles. The van der Waals surface area contributed by atoms with Gasteiger partial charge in [-0.3, -0.25) is 0 Å². The van der Waals surface area contributed by atoms with Crippen molar-refractivity contribution >= 4 is 5.97 Å². The summed E-state index contributed by atoms with van der Waals surface area (Å²) in [5.41, 5.74) is -8.35. The number of hydrogen-bond donors (Lipinski definition) is 0. The van der Waals surface area contributed by atoms with Gasteiger partial charge in [-0.25, -0.2) is 31.1 Å². The first-order valence-electron chi connectivity index (χ1n) is 7.17. The topological polar surface area (TPSA) is 26.3 Å². The number of carbonyl (C=O) groups is 1. The molecule has 0 saturated heterocycles. The molecule has 0 fully saturated rings. The third-order valence-corrected chi connectivity index (χ3v) is 3.97. The lowest BCUT2D eigenvalue weighted by molar-refractivity contribution is -0.130. The minimum atomic E-state index is -4.91. The van der Waals surface area contributed by atoms with E-state index in [2.05, 4.69) is 11.3 Å². The van der Waals surface area contributed by atoms with E-state index in [9.17, 15) is 44.3 Å². The standard InChI is InChI=1S/C17H5F9O2/c1-3(2)16(27)28-15-7-5(9(19)12(22)14(15)24)4-6(17(7,25)26)10(20)13(23)11(21)8(4)18/h1H2,2H3. The van der Waals surface area contributed by atoms with Crippen LogP contribution in [0.1, 0.15) is 18.1 Å². The molecule has 2 aromatic carbocycles. The predicted octanol–water partition coefficient (Wildman–Crippen LogP) is 5.26. The number of rotatable bonds is 2. The van der Waals surface area contributed by atoms with Crippen LogP contribution in [0.4, 0.5) is 39.5 Å². The van der Waals surface area contributed by atoms with E-state index in [4.69, 9.17) is 0 Å². The Labute approximate surface area is 149 Å². The average Bonchev–Trinajstić information content (AvgIpc) is 2.87. The minimum absolute atomic E-state index is 0.480. The van der Waals surface area contributed by atoms with E-state index < -0.39 is 86.2 Å². The van der Waals surface area contributed by atoms with Gasteiger partial charge in [0, 0.05) is 16.7 Å². The van der Waals surface area contributed by atoms with Crippen LogP contribution >= 0.6 is 0 Å². The molecule has 0 N–H and O–H groups in total. The number of ether oxygens (including phenoxy) is 1. The fourth-order valence-corrected chi connectivity index (χ4v) is 2.74. The van der Waals surface area contributed by atoms with Gasteiger partial charge in [0.05, 0.1) is 11.1 Å². The predicted molar refractivity (Wildman–Crippen MR) is 75.0 cm³/mol. The highest BCUT2D eigenvalue weighted by molar-refractivity contribution is 5.91. The molecule has 2 aromatic rings. The van der Waals surface area contributed by atoms with Crippen LogP contribution < -0.4 is 4.74 Å². The van der Waals surface area contributed by atoms with Crippen LogP contribution in [0.25, 0.3) is 11.1 Å². The molecule has 0 amide bonds. The third-order valence-electron chi connectivity index (χ3n) is 3.97. The SMILES string of the molecule is C=C(C)C(=O)Oc1c(F)c(F)c(F)c2c1C(F)(F)c1c(F)c(F)c(F)c(F)c1-2. The van der Waals surface area contributed by atoms with E-state index >= 15 is 0 Å². The van der Waals surface area contributed by atoms with Crippen molar-refractivity contribution in [3.05, 3.63) is 64.0 Å². The zero-order valence-electron chi connectivity index (χ0n) is 13.4. The quantitative estimate of drug-likeness (QED) is 0.168. The number of carbonyl (C=O) groups excluding carboxylic acids is 1. The highest BCUT2D eigenvalue weighted by Crippen LogP contribution is 2.58. The van der Waals surface area contributed by atoms with Crippen LogP contribution in [-0.2, 0) is 10.7 Å². The van der Waals surface area contributed by atoms with E-state index in [0.717, 1.165) is 6.92 Å². The first-order chi connectivity index (χ1) is 12.8. The van der Waals surface area contributed by atoms with Gasteiger partial charge in [-0.2, -0.15) is 13.2 Å². The number of hydrogen-bond acceptors (Lipinski definition) is 2. The largest absolute Gasteiger partial charge is 0.419 e. The first-order valence-corrected chi connectivity index (χ1v) is 7.17. The summed E-state index contributed by atoms with van der Waals surface area (Å²) in [5.74, 6) is -26.0. The smallest absolute Gasteiger partial charge is 0.338 e. The Hall–Kier alpha value is -2.98. The monoisotopic (exact) mass is 412 g/mol. The van der Waals surface area contributed by atoms with E-state index in [-0.39, 0.29) is 0 Å². The van der Waals surface area contributed by atoms with Crippen molar-refractivity contribution in [3.63, 3.8) is 0 Å². The van der Waals surface area contributed by atoms with E-state index in [1.54, 1.807) is 0 Å². The average molecular weight is 412 g/mol. The van der Waals surface area contributed by atoms with Crippen LogP contribution in [-0.4, -0.2) is 5.97 Å². The molecule has 148 valence electrons. The van der Waals surface area contributed by atoms with Crippen LogP contribution in [0, 0.1) is 40.7 Å². The Morgan fingerprint density at radius 1 is 0.750 bits per heavy atom. The van der Waals surface area contributed by atoms with Gasteiger partial charge in [0.2, 0.25) is 5.82 Å². The van der Waals surface area contributed by atoms with Crippen LogP contribution in [0.2, 0.25) is 0 Å². The summed E-state index contributed by atoms with van der Waals surface area (Å²) in [5, 5.41) is 0. The van der Waals surface area contributed by atoms with Crippen molar-refractivity contribution in [2.24, 2.45) is 0 Å². The Kier molecular flexibility index (Phi) is 4.24. The molecule has 0 heterocycles. The summed E-state index contributed by atoms with van der Waals surface area (Å²) >= 11 is 0. The maximum atomic E-state index is 14.7. The second kappa shape index (κ2) is 6.01. The summed E-state index contributed by atoms with van der Waals surface area (Å²) in [7, 11) is 0. The highest BCUT2D eigenvalue weighted by atomic mass is 19.3. The van der Waals surface area contributed by atoms with E-state index in [1.807, 2.05) is 0 Å². The summed E-state index contributed by atoms with van der Waals surface area (Å²) in [4.78, 5) is 11.6. The highest BCUT2D eigenvalue weighted by Gasteiger charge is 2.55. The Balaban J connectivity index is 2.52. The molecule has 0 aliphatic heterocycles. The van der Waals surface area contributed by atoms with E-state index in [1.165, 1.54) is 0 Å². The molecular weight excluding hydrogens is 407 g/mol. The molecule has 0 saturated carbocycles. The number of halogens is 9. The summed E-state index contributed by atoms with van der Waals surface area (Å²) in [6.07, 6.45) is 0. The molecule has 28 heavy (non-hydrogen) atoms. The maximum absolute atomic E-state index is 14.7. The zero-order valence-corrected chi connectivity index (χ0v) is 13.4. The van der Waals surface area contributed by atoms with Gasteiger partial charge in [-0.15, -0.1) is 0 Å². The zero-order chi connectivity index (χ0) is 21.3. The number of benzene rings is 2. The summed E-state index contributed by atoms with van der Waals surface area (Å²) in [6, 6.07) is 0. The number of alkyl halides is 2. The molecule has 0 radical (unpaired) electrons. The Morgan fingerprint density at radius 2 is 1.18 bits per heavy atom. The molecule has 1 aliphatic rings. The second-order valence-electron chi connectivity index (χ2n) is 5.77. The van der Waals surface area contributed by atoms with Crippen LogP contribution in [0.5, 0.6) is 5.75 Å². The molecule has 3 rings (SSSR count). The van der Waals surface area contributed by atoms with Crippen molar-refractivity contribution in [1.82, 2.24) is 0 Å². The number of fused-ring (bicyclic) bond motifs is 3. The second-order valence-corrected chi connectivity index (χ2v) is 5.77. The Bertz CT molecular complexity index is 1090. The lowest BCUT2D eigenvalue weighted by atomic mass is 10.0. The van der Waals surface area contributed by atoms with Crippen molar-refractivity contribution in [3.8, 4) is 16.9 Å². The van der Waals surface area contributed by atoms with Gasteiger partial charge in [-0.05, 0) is 6.92 Å². The van der Waals surface area contributed by atoms with Crippen molar-refractivity contribution < 1.29 is 49.0 Å². The van der Waals surface area contributed by atoms with Gasteiger partial charge in [-0.1, -0.05) is 6.58 Å². The normalized spacial score (nSPS) is 13.9. The van der Waals surface area contributed by atoms with Gasteiger partial charge < -0.3 is 4.74 Å². The molecule has 0 unspecified atom stereocenters. The van der Waals surface area contributed by atoms with E-state index in [0.29, 0.717) is 0 Å². The lowest BCUT2D eigenvalue weighted by Crippen LogP contribution is -2.20.